The van der Waals surface area contributed by atoms with Gasteiger partial charge in [0.2, 0.25) is 0 Å². The van der Waals surface area contributed by atoms with Crippen LogP contribution < -0.4 is 0 Å². The maximum absolute atomic E-state index is 11.0. The van der Waals surface area contributed by atoms with Gasteiger partial charge >= 0.3 is 5.97 Å². The number of halogens is 1. The van der Waals surface area contributed by atoms with E-state index in [1.54, 1.807) is 6.92 Å². The van der Waals surface area contributed by atoms with Gasteiger partial charge in [0.15, 0.2) is 0 Å². The van der Waals surface area contributed by atoms with Crippen LogP contribution in [0, 0.1) is 0 Å². The summed E-state index contributed by atoms with van der Waals surface area (Å²) in [7, 11) is 0. The molecule has 0 spiro atoms. The van der Waals surface area contributed by atoms with Crippen molar-refractivity contribution in [3.8, 4) is 0 Å². The first kappa shape index (κ1) is 11.4. The van der Waals surface area contributed by atoms with Crippen LogP contribution in [0.4, 0.5) is 0 Å². The molecule has 0 aliphatic carbocycles. The van der Waals surface area contributed by atoms with Gasteiger partial charge in [0.05, 0.1) is 6.61 Å². The van der Waals surface area contributed by atoms with E-state index in [2.05, 4.69) is 4.74 Å². The van der Waals surface area contributed by atoms with Crippen molar-refractivity contribution in [3.05, 3.63) is 0 Å². The van der Waals surface area contributed by atoms with Gasteiger partial charge in [-0.25, -0.2) is 4.79 Å². The van der Waals surface area contributed by atoms with Crippen molar-refractivity contribution in [1.82, 2.24) is 0 Å². The van der Waals surface area contributed by atoms with Crippen LogP contribution in [0.2, 0.25) is 0 Å². The number of hydrogen-bond acceptors (Lipinski definition) is 3. The number of carbonyl (C=O) groups is 2. The van der Waals surface area contributed by atoms with E-state index in [4.69, 9.17) is 11.6 Å². The molecule has 0 fully saturated rings. The Bertz CT molecular complexity index is 168. The lowest BCUT2D eigenvalue weighted by atomic mass is 10.2. The SMILES string of the molecule is CCCC(Cl)C(=O)C(=O)OCC. The van der Waals surface area contributed by atoms with Crippen molar-refractivity contribution < 1.29 is 14.3 Å². The van der Waals surface area contributed by atoms with E-state index >= 15 is 0 Å². The van der Waals surface area contributed by atoms with Crippen molar-refractivity contribution in [3.63, 3.8) is 0 Å². The molecule has 0 radical (unpaired) electrons. The summed E-state index contributed by atoms with van der Waals surface area (Å²) >= 11 is 5.61. The maximum Gasteiger partial charge on any atom is 0.376 e. The van der Waals surface area contributed by atoms with E-state index in [9.17, 15) is 9.59 Å². The van der Waals surface area contributed by atoms with E-state index in [1.807, 2.05) is 6.92 Å². The zero-order chi connectivity index (χ0) is 9.56. The summed E-state index contributed by atoms with van der Waals surface area (Å²) in [5.41, 5.74) is 0. The number of ether oxygens (including phenoxy) is 1. The average molecular weight is 193 g/mol. The number of esters is 1. The molecule has 0 heterocycles. The van der Waals surface area contributed by atoms with E-state index in [-0.39, 0.29) is 6.61 Å². The molecule has 0 aromatic heterocycles. The normalized spacial score (nSPS) is 12.2. The molecule has 0 N–H and O–H groups in total. The Kier molecular flexibility index (Phi) is 5.72. The summed E-state index contributed by atoms with van der Waals surface area (Å²) in [5, 5.41) is -0.728. The topological polar surface area (TPSA) is 43.4 Å². The minimum Gasteiger partial charge on any atom is -0.460 e. The van der Waals surface area contributed by atoms with Crippen molar-refractivity contribution in [2.75, 3.05) is 6.61 Å². The highest BCUT2D eigenvalue weighted by atomic mass is 35.5. The molecule has 0 amide bonds. The van der Waals surface area contributed by atoms with Crippen LogP contribution in [0.25, 0.3) is 0 Å². The second-order valence-electron chi connectivity index (χ2n) is 2.34. The lowest BCUT2D eigenvalue weighted by Gasteiger charge is -2.04. The van der Waals surface area contributed by atoms with Crippen molar-refractivity contribution >= 4 is 23.4 Å². The summed E-state index contributed by atoms with van der Waals surface area (Å²) in [4.78, 5) is 21.8. The first-order valence-corrected chi connectivity index (χ1v) is 4.42. The molecule has 1 atom stereocenters. The third kappa shape index (κ3) is 3.72. The van der Waals surface area contributed by atoms with Crippen molar-refractivity contribution in [1.29, 1.82) is 0 Å². The number of Topliss-reactive ketones (excluding diaryl/α,β-unsaturated/α-hetero) is 1. The summed E-state index contributed by atoms with van der Waals surface area (Å²) in [5.74, 6) is -1.47. The Morgan fingerprint density at radius 1 is 1.42 bits per heavy atom. The van der Waals surface area contributed by atoms with Crippen LogP contribution in [-0.2, 0) is 14.3 Å². The first-order valence-electron chi connectivity index (χ1n) is 3.98. The van der Waals surface area contributed by atoms with Gasteiger partial charge in [-0.05, 0) is 13.3 Å². The molecule has 0 saturated heterocycles. The summed E-state index contributed by atoms with van der Waals surface area (Å²) in [6, 6.07) is 0. The largest absolute Gasteiger partial charge is 0.460 e. The van der Waals surface area contributed by atoms with Crippen LogP contribution in [0.3, 0.4) is 0 Å². The van der Waals surface area contributed by atoms with E-state index in [0.717, 1.165) is 6.42 Å². The number of rotatable bonds is 5. The zero-order valence-electron chi connectivity index (χ0n) is 7.30. The third-order valence-electron chi connectivity index (χ3n) is 1.30. The molecule has 70 valence electrons. The Balaban J connectivity index is 3.91. The smallest absolute Gasteiger partial charge is 0.376 e. The minimum absolute atomic E-state index is 0.209. The molecule has 1 unspecified atom stereocenters. The first-order chi connectivity index (χ1) is 5.63. The summed E-state index contributed by atoms with van der Waals surface area (Å²) in [6.45, 7) is 3.75. The highest BCUT2D eigenvalue weighted by Gasteiger charge is 2.23. The fraction of sp³-hybridized carbons (Fsp3) is 0.750. The Morgan fingerprint density at radius 2 is 2.00 bits per heavy atom. The van der Waals surface area contributed by atoms with Gasteiger partial charge in [-0.1, -0.05) is 13.3 Å². The van der Waals surface area contributed by atoms with Gasteiger partial charge in [0.25, 0.3) is 5.78 Å². The monoisotopic (exact) mass is 192 g/mol. The minimum atomic E-state index is -0.828. The standard InChI is InChI=1S/C8H13ClO3/c1-3-5-6(9)7(10)8(11)12-4-2/h6H,3-5H2,1-2H3. The number of alkyl halides is 1. The molecule has 3 nitrogen and oxygen atoms in total. The van der Waals surface area contributed by atoms with Gasteiger partial charge in [-0.2, -0.15) is 0 Å². The van der Waals surface area contributed by atoms with Crippen LogP contribution in [0.5, 0.6) is 0 Å². The van der Waals surface area contributed by atoms with Crippen LogP contribution in [-0.4, -0.2) is 23.7 Å². The highest BCUT2D eigenvalue weighted by molar-refractivity contribution is 6.47. The highest BCUT2D eigenvalue weighted by Crippen LogP contribution is 2.06. The zero-order valence-corrected chi connectivity index (χ0v) is 8.06. The molecule has 0 aliphatic heterocycles. The molecule has 0 aromatic rings. The fourth-order valence-electron chi connectivity index (χ4n) is 0.715. The predicted molar refractivity (Wildman–Crippen MR) is 46.2 cm³/mol. The molecule has 0 bridgehead atoms. The number of carbonyl (C=O) groups excluding carboxylic acids is 2. The molecule has 4 heteroatoms. The van der Waals surface area contributed by atoms with Crippen molar-refractivity contribution in [2.45, 2.75) is 32.1 Å². The van der Waals surface area contributed by atoms with E-state index < -0.39 is 17.1 Å². The van der Waals surface area contributed by atoms with Gasteiger partial charge in [0, 0.05) is 0 Å². The molecular weight excluding hydrogens is 180 g/mol. The molecule has 0 saturated carbocycles. The maximum atomic E-state index is 11.0. The van der Waals surface area contributed by atoms with E-state index in [0.29, 0.717) is 6.42 Å². The fourth-order valence-corrected chi connectivity index (χ4v) is 1.02. The second kappa shape index (κ2) is 6.00. The average Bonchev–Trinajstić information content (AvgIpc) is 2.04. The summed E-state index contributed by atoms with van der Waals surface area (Å²) < 4.78 is 4.50. The quantitative estimate of drug-likeness (QED) is 0.377. The third-order valence-corrected chi connectivity index (χ3v) is 1.72. The molecule has 0 aliphatic rings. The van der Waals surface area contributed by atoms with Gasteiger partial charge in [0.1, 0.15) is 5.38 Å². The lowest BCUT2D eigenvalue weighted by Crippen LogP contribution is -2.26. The second-order valence-corrected chi connectivity index (χ2v) is 2.87. The van der Waals surface area contributed by atoms with Crippen LogP contribution in [0.15, 0.2) is 0 Å². The Labute approximate surface area is 77.0 Å². The molecule has 0 rings (SSSR count). The number of hydrogen-bond donors (Lipinski definition) is 0. The van der Waals surface area contributed by atoms with Crippen LogP contribution in [0.1, 0.15) is 26.7 Å². The van der Waals surface area contributed by atoms with Gasteiger partial charge in [-0.3, -0.25) is 4.79 Å². The van der Waals surface area contributed by atoms with Gasteiger partial charge in [-0.15, -0.1) is 11.6 Å². The number of ketones is 1. The molecule has 12 heavy (non-hydrogen) atoms. The summed E-state index contributed by atoms with van der Waals surface area (Å²) in [6.07, 6.45) is 1.29. The van der Waals surface area contributed by atoms with E-state index in [1.165, 1.54) is 0 Å². The molecular formula is C8H13ClO3. The Morgan fingerprint density at radius 3 is 2.42 bits per heavy atom. The molecule has 0 aromatic carbocycles. The Hall–Kier alpha value is -0.570. The van der Waals surface area contributed by atoms with Crippen LogP contribution >= 0.6 is 11.6 Å². The lowest BCUT2D eigenvalue weighted by molar-refractivity contribution is -0.153. The predicted octanol–water partition coefficient (Wildman–Crippen LogP) is 1.53. The van der Waals surface area contributed by atoms with Gasteiger partial charge < -0.3 is 4.74 Å². The van der Waals surface area contributed by atoms with Crippen molar-refractivity contribution in [2.24, 2.45) is 0 Å².